The summed E-state index contributed by atoms with van der Waals surface area (Å²) in [5.74, 6) is 0.213. The normalized spacial score (nSPS) is 16.2. The first-order valence-corrected chi connectivity index (χ1v) is 11.8. The number of thioether (sulfide) groups is 1. The molecule has 1 atom stereocenters. The zero-order valence-electron chi connectivity index (χ0n) is 17.5. The van der Waals surface area contributed by atoms with Gasteiger partial charge in [-0.05, 0) is 30.5 Å². The molecule has 0 aliphatic carbocycles. The summed E-state index contributed by atoms with van der Waals surface area (Å²) >= 11 is 7.76. The summed E-state index contributed by atoms with van der Waals surface area (Å²) in [6, 6.07) is 17.5. The van der Waals surface area contributed by atoms with Gasteiger partial charge in [0.15, 0.2) is 11.0 Å². The highest BCUT2D eigenvalue weighted by Gasteiger charge is 2.27. The Balaban J connectivity index is 1.55. The summed E-state index contributed by atoms with van der Waals surface area (Å²) < 4.78 is 1.98. The van der Waals surface area contributed by atoms with Crippen LogP contribution in [0.2, 0.25) is 5.02 Å². The Morgan fingerprint density at radius 1 is 1.09 bits per heavy atom. The van der Waals surface area contributed by atoms with Crippen LogP contribution in [0.15, 0.2) is 59.8 Å². The molecule has 1 fully saturated rings. The van der Waals surface area contributed by atoms with E-state index in [-0.39, 0.29) is 23.5 Å². The highest BCUT2D eigenvalue weighted by atomic mass is 35.5. The summed E-state index contributed by atoms with van der Waals surface area (Å²) in [4.78, 5) is 26.1. The van der Waals surface area contributed by atoms with Crippen molar-refractivity contribution in [2.45, 2.75) is 24.5 Å². The molecule has 1 aliphatic rings. The zero-order valence-corrected chi connectivity index (χ0v) is 19.1. The van der Waals surface area contributed by atoms with E-state index in [1.54, 1.807) is 4.90 Å². The van der Waals surface area contributed by atoms with Crippen LogP contribution in [0.3, 0.4) is 0 Å². The number of rotatable bonds is 7. The van der Waals surface area contributed by atoms with Crippen molar-refractivity contribution in [1.29, 1.82) is 0 Å². The number of nitrogens with two attached hydrogens (primary N) is 1. The zero-order chi connectivity index (χ0) is 22.5. The Morgan fingerprint density at radius 2 is 1.84 bits per heavy atom. The molecule has 2 heterocycles. The van der Waals surface area contributed by atoms with Gasteiger partial charge in [0.25, 0.3) is 0 Å². The van der Waals surface area contributed by atoms with E-state index in [1.807, 2.05) is 59.2 Å². The standard InChI is InChI=1S/C23H24ClN5O2S/c24-19-11-5-4-10-18(19)22-26-27-23(29(22)13-16-7-2-1-3-8-16)32-15-20(30)28-12-6-9-17(14-28)21(25)31/h1-5,7-8,10-11,17H,6,9,12-15H2,(H2,25,31). The predicted molar refractivity (Wildman–Crippen MR) is 125 cm³/mol. The lowest BCUT2D eigenvalue weighted by atomic mass is 9.97. The summed E-state index contributed by atoms with van der Waals surface area (Å²) in [6.07, 6.45) is 1.52. The van der Waals surface area contributed by atoms with Gasteiger partial charge in [0.05, 0.1) is 23.2 Å². The molecule has 1 aliphatic heterocycles. The van der Waals surface area contributed by atoms with Crippen molar-refractivity contribution in [1.82, 2.24) is 19.7 Å². The van der Waals surface area contributed by atoms with E-state index in [4.69, 9.17) is 17.3 Å². The van der Waals surface area contributed by atoms with Gasteiger partial charge < -0.3 is 10.6 Å². The summed E-state index contributed by atoms with van der Waals surface area (Å²) in [6.45, 7) is 1.58. The van der Waals surface area contributed by atoms with Crippen molar-refractivity contribution in [3.63, 3.8) is 0 Å². The minimum Gasteiger partial charge on any atom is -0.369 e. The van der Waals surface area contributed by atoms with Crippen molar-refractivity contribution >= 4 is 35.2 Å². The number of hydrogen-bond donors (Lipinski definition) is 1. The lowest BCUT2D eigenvalue weighted by molar-refractivity contribution is -0.132. The Morgan fingerprint density at radius 3 is 2.59 bits per heavy atom. The number of primary amides is 1. The average Bonchev–Trinajstić information content (AvgIpc) is 3.20. The number of carbonyl (C=O) groups excluding carboxylic acids is 2. The van der Waals surface area contributed by atoms with Crippen molar-refractivity contribution in [2.75, 3.05) is 18.8 Å². The summed E-state index contributed by atoms with van der Waals surface area (Å²) in [7, 11) is 0. The Labute approximate surface area is 196 Å². The molecule has 1 saturated heterocycles. The lowest BCUT2D eigenvalue weighted by Gasteiger charge is -2.31. The number of hydrogen-bond acceptors (Lipinski definition) is 5. The minimum atomic E-state index is -0.345. The molecule has 2 amide bonds. The SMILES string of the molecule is NC(=O)C1CCCN(C(=O)CSc2nnc(-c3ccccc3Cl)n2Cc2ccccc2)C1. The second kappa shape index (κ2) is 10.2. The van der Waals surface area contributed by atoms with Crippen LogP contribution in [0, 0.1) is 5.92 Å². The monoisotopic (exact) mass is 469 g/mol. The van der Waals surface area contributed by atoms with Crippen LogP contribution in [0.5, 0.6) is 0 Å². The van der Waals surface area contributed by atoms with Gasteiger partial charge in [-0.1, -0.05) is 65.8 Å². The Kier molecular flexibility index (Phi) is 7.12. The summed E-state index contributed by atoms with van der Waals surface area (Å²) in [5, 5.41) is 9.98. The third-order valence-corrected chi connectivity index (χ3v) is 6.80. The number of likely N-dealkylation sites (tertiary alicyclic amines) is 1. The Bertz CT molecular complexity index is 1100. The van der Waals surface area contributed by atoms with E-state index in [1.165, 1.54) is 11.8 Å². The highest BCUT2D eigenvalue weighted by Crippen LogP contribution is 2.30. The van der Waals surface area contributed by atoms with Gasteiger partial charge in [-0.25, -0.2) is 0 Å². The third-order valence-electron chi connectivity index (χ3n) is 5.52. The van der Waals surface area contributed by atoms with Gasteiger partial charge in [0.1, 0.15) is 0 Å². The molecule has 7 nitrogen and oxygen atoms in total. The molecule has 3 aromatic rings. The van der Waals surface area contributed by atoms with Crippen LogP contribution in [0.1, 0.15) is 18.4 Å². The van der Waals surface area contributed by atoms with Crippen LogP contribution in [0.4, 0.5) is 0 Å². The van der Waals surface area contributed by atoms with Gasteiger partial charge in [-0.2, -0.15) is 0 Å². The van der Waals surface area contributed by atoms with E-state index in [2.05, 4.69) is 10.2 Å². The van der Waals surface area contributed by atoms with E-state index in [9.17, 15) is 9.59 Å². The quantitative estimate of drug-likeness (QED) is 0.535. The van der Waals surface area contributed by atoms with Crippen molar-refractivity contribution in [2.24, 2.45) is 11.7 Å². The number of carbonyl (C=O) groups is 2. The lowest BCUT2D eigenvalue weighted by Crippen LogP contribution is -2.44. The Hall–Kier alpha value is -2.84. The van der Waals surface area contributed by atoms with Crippen LogP contribution >= 0.6 is 23.4 Å². The maximum absolute atomic E-state index is 12.8. The number of piperidine rings is 1. The van der Waals surface area contributed by atoms with Crippen molar-refractivity contribution in [3.05, 3.63) is 65.2 Å². The van der Waals surface area contributed by atoms with E-state index < -0.39 is 0 Å². The molecule has 0 bridgehead atoms. The maximum Gasteiger partial charge on any atom is 0.233 e. The molecular weight excluding hydrogens is 446 g/mol. The second-order valence-corrected chi connectivity index (χ2v) is 9.08. The van der Waals surface area contributed by atoms with Gasteiger partial charge in [-0.15, -0.1) is 10.2 Å². The number of benzene rings is 2. The third kappa shape index (κ3) is 5.14. The van der Waals surface area contributed by atoms with Gasteiger partial charge >= 0.3 is 0 Å². The van der Waals surface area contributed by atoms with Gasteiger partial charge in [0.2, 0.25) is 11.8 Å². The number of nitrogens with zero attached hydrogens (tertiary/aromatic N) is 4. The fourth-order valence-electron chi connectivity index (χ4n) is 3.80. The second-order valence-electron chi connectivity index (χ2n) is 7.73. The van der Waals surface area contributed by atoms with Crippen LogP contribution in [0.25, 0.3) is 11.4 Å². The van der Waals surface area contributed by atoms with Crippen LogP contribution in [-0.4, -0.2) is 50.3 Å². The van der Waals surface area contributed by atoms with Gasteiger partial charge in [-0.3, -0.25) is 14.2 Å². The van der Waals surface area contributed by atoms with E-state index >= 15 is 0 Å². The fourth-order valence-corrected chi connectivity index (χ4v) is 4.86. The topological polar surface area (TPSA) is 94.1 Å². The minimum absolute atomic E-state index is 0.0329. The van der Waals surface area contributed by atoms with Crippen LogP contribution in [-0.2, 0) is 16.1 Å². The van der Waals surface area contributed by atoms with E-state index in [0.717, 1.165) is 24.0 Å². The molecule has 0 spiro atoms. The van der Waals surface area contributed by atoms with Crippen molar-refractivity contribution < 1.29 is 9.59 Å². The fraction of sp³-hybridized carbons (Fsp3) is 0.304. The first-order valence-electron chi connectivity index (χ1n) is 10.4. The molecule has 0 saturated carbocycles. The molecule has 4 rings (SSSR count). The summed E-state index contributed by atoms with van der Waals surface area (Å²) in [5.41, 5.74) is 7.32. The first kappa shape index (κ1) is 22.4. The molecule has 2 aromatic carbocycles. The van der Waals surface area contributed by atoms with E-state index in [0.29, 0.717) is 35.6 Å². The molecule has 32 heavy (non-hydrogen) atoms. The molecule has 166 valence electrons. The molecular formula is C23H24ClN5O2S. The molecule has 0 radical (unpaired) electrons. The molecule has 1 aromatic heterocycles. The average molecular weight is 470 g/mol. The number of aromatic nitrogens is 3. The smallest absolute Gasteiger partial charge is 0.233 e. The first-order chi connectivity index (χ1) is 15.5. The molecule has 2 N–H and O–H groups in total. The largest absolute Gasteiger partial charge is 0.369 e. The predicted octanol–water partition coefficient (Wildman–Crippen LogP) is 3.46. The number of amides is 2. The molecule has 9 heteroatoms. The highest BCUT2D eigenvalue weighted by molar-refractivity contribution is 7.99. The van der Waals surface area contributed by atoms with Crippen molar-refractivity contribution in [3.8, 4) is 11.4 Å². The molecule has 1 unspecified atom stereocenters. The van der Waals surface area contributed by atoms with Crippen LogP contribution < -0.4 is 5.73 Å². The number of halogens is 1. The maximum atomic E-state index is 12.8. The van der Waals surface area contributed by atoms with Gasteiger partial charge in [0, 0.05) is 18.7 Å².